The smallest absolute Gasteiger partial charge is 0.111 e. The molecule has 0 saturated heterocycles. The van der Waals surface area contributed by atoms with E-state index in [0.29, 0.717) is 0 Å². The van der Waals surface area contributed by atoms with E-state index in [4.69, 9.17) is 4.74 Å². The minimum Gasteiger partial charge on any atom is -0.383 e. The van der Waals surface area contributed by atoms with Crippen LogP contribution in [0.2, 0.25) is 0 Å². The Labute approximate surface area is 74.2 Å². The molecule has 1 aliphatic rings. The Kier molecular flexibility index (Phi) is 2.91. The largest absolute Gasteiger partial charge is 0.383 e. The first-order chi connectivity index (χ1) is 5.61. The molecule has 0 spiro atoms. The molecule has 0 aromatic heterocycles. The molecule has 0 aliphatic heterocycles. The van der Waals surface area contributed by atoms with Gasteiger partial charge in [0.2, 0.25) is 0 Å². The molecule has 0 radical (unpaired) electrons. The second-order valence-corrected chi connectivity index (χ2v) is 3.67. The Morgan fingerprint density at radius 1 is 1.58 bits per heavy atom. The van der Waals surface area contributed by atoms with Gasteiger partial charge in [0.05, 0.1) is 6.10 Å². The summed E-state index contributed by atoms with van der Waals surface area (Å²) in [7, 11) is 1.66. The Bertz CT molecular complexity index is 177. The van der Waals surface area contributed by atoms with Crippen LogP contribution in [0.3, 0.4) is 0 Å². The van der Waals surface area contributed by atoms with E-state index < -0.39 is 5.60 Å². The normalized spacial score (nSPS) is 36.4. The molecule has 2 heteroatoms. The lowest BCUT2D eigenvalue weighted by atomic mass is 9.78. The van der Waals surface area contributed by atoms with E-state index in [9.17, 15) is 5.11 Å². The van der Waals surface area contributed by atoms with Crippen LogP contribution in [-0.2, 0) is 4.74 Å². The maximum absolute atomic E-state index is 10.2. The molecule has 1 rings (SSSR count). The fourth-order valence-corrected chi connectivity index (χ4v) is 1.93. The predicted molar refractivity (Wildman–Crippen MR) is 49.0 cm³/mol. The highest BCUT2D eigenvalue weighted by molar-refractivity contribution is 5.14. The minimum atomic E-state index is -0.771. The van der Waals surface area contributed by atoms with E-state index in [1.807, 2.05) is 6.92 Å². The second-order valence-electron chi connectivity index (χ2n) is 3.67. The lowest BCUT2D eigenvalue weighted by molar-refractivity contribution is -0.0924. The lowest BCUT2D eigenvalue weighted by Gasteiger charge is -2.39. The number of hydrogen-bond donors (Lipinski definition) is 1. The van der Waals surface area contributed by atoms with Gasteiger partial charge in [0.1, 0.15) is 5.60 Å². The van der Waals surface area contributed by atoms with Crippen molar-refractivity contribution in [2.45, 2.75) is 44.3 Å². The molecule has 0 aromatic rings. The van der Waals surface area contributed by atoms with Gasteiger partial charge in [-0.3, -0.25) is 0 Å². The first kappa shape index (κ1) is 9.75. The molecular weight excluding hydrogens is 152 g/mol. The maximum atomic E-state index is 10.2. The Hall–Kier alpha value is -0.340. The summed E-state index contributed by atoms with van der Waals surface area (Å²) in [6.07, 6.45) is 3.90. The van der Waals surface area contributed by atoms with E-state index in [-0.39, 0.29) is 6.10 Å². The Morgan fingerprint density at radius 3 is 2.67 bits per heavy atom. The molecule has 2 nitrogen and oxygen atoms in total. The zero-order valence-corrected chi connectivity index (χ0v) is 7.97. The number of methoxy groups -OCH3 is 1. The molecule has 0 aromatic carbocycles. The summed E-state index contributed by atoms with van der Waals surface area (Å²) in [5, 5.41) is 10.2. The Morgan fingerprint density at radius 2 is 2.25 bits per heavy atom. The number of aliphatic hydroxyl groups is 1. The first-order valence-corrected chi connectivity index (χ1v) is 4.52. The third-order valence-electron chi connectivity index (χ3n) is 2.83. The van der Waals surface area contributed by atoms with Crippen LogP contribution >= 0.6 is 0 Å². The molecule has 70 valence electrons. The minimum absolute atomic E-state index is 0.0521. The van der Waals surface area contributed by atoms with Crippen LogP contribution in [-0.4, -0.2) is 23.9 Å². The summed E-state index contributed by atoms with van der Waals surface area (Å²) in [6, 6.07) is 0. The van der Waals surface area contributed by atoms with E-state index >= 15 is 0 Å². The fraction of sp³-hybridized carbons (Fsp3) is 0.800. The van der Waals surface area contributed by atoms with Crippen LogP contribution < -0.4 is 0 Å². The molecule has 1 fully saturated rings. The summed E-state index contributed by atoms with van der Waals surface area (Å²) < 4.78 is 5.26. The second kappa shape index (κ2) is 3.58. The van der Waals surface area contributed by atoms with Crippen molar-refractivity contribution >= 4 is 0 Å². The molecule has 0 heterocycles. The van der Waals surface area contributed by atoms with Gasteiger partial charge in [-0.05, 0) is 25.3 Å². The number of hydrogen-bond acceptors (Lipinski definition) is 2. The van der Waals surface area contributed by atoms with Crippen molar-refractivity contribution in [3.8, 4) is 0 Å². The van der Waals surface area contributed by atoms with Crippen LogP contribution in [0, 0.1) is 0 Å². The molecule has 12 heavy (non-hydrogen) atoms. The van der Waals surface area contributed by atoms with Crippen molar-refractivity contribution in [2.75, 3.05) is 7.11 Å². The maximum Gasteiger partial charge on any atom is 0.111 e. The van der Waals surface area contributed by atoms with Crippen molar-refractivity contribution in [3.63, 3.8) is 0 Å². The van der Waals surface area contributed by atoms with Crippen molar-refractivity contribution in [1.29, 1.82) is 0 Å². The van der Waals surface area contributed by atoms with E-state index in [1.54, 1.807) is 7.11 Å². The molecule has 2 unspecified atom stereocenters. The molecule has 1 saturated carbocycles. The summed E-state index contributed by atoms with van der Waals surface area (Å²) in [6.45, 7) is 5.69. The average molecular weight is 170 g/mol. The van der Waals surface area contributed by atoms with Crippen LogP contribution in [0.5, 0.6) is 0 Å². The zero-order chi connectivity index (χ0) is 9.19. The molecular formula is C10H18O2. The molecule has 0 amide bonds. The van der Waals surface area contributed by atoms with Gasteiger partial charge in [-0.15, -0.1) is 0 Å². The van der Waals surface area contributed by atoms with Crippen molar-refractivity contribution < 1.29 is 9.84 Å². The van der Waals surface area contributed by atoms with Crippen LogP contribution in [0.4, 0.5) is 0 Å². The third-order valence-corrected chi connectivity index (χ3v) is 2.83. The van der Waals surface area contributed by atoms with Crippen molar-refractivity contribution in [2.24, 2.45) is 0 Å². The van der Waals surface area contributed by atoms with Gasteiger partial charge in [0.15, 0.2) is 0 Å². The predicted octanol–water partition coefficient (Wildman–Crippen LogP) is 1.88. The summed E-state index contributed by atoms with van der Waals surface area (Å²) in [4.78, 5) is 0. The molecule has 0 bridgehead atoms. The Balaban J connectivity index is 2.75. The fourth-order valence-electron chi connectivity index (χ4n) is 1.93. The van der Waals surface area contributed by atoms with Gasteiger partial charge in [-0.1, -0.05) is 19.4 Å². The summed E-state index contributed by atoms with van der Waals surface area (Å²) >= 11 is 0. The highest BCUT2D eigenvalue weighted by Crippen LogP contribution is 2.34. The molecule has 2 atom stereocenters. The average Bonchev–Trinajstić information content (AvgIpc) is 2.05. The summed E-state index contributed by atoms with van der Waals surface area (Å²) in [5.41, 5.74) is 0.0570. The summed E-state index contributed by atoms with van der Waals surface area (Å²) in [5.74, 6) is 0. The topological polar surface area (TPSA) is 29.5 Å². The number of ether oxygens (including phenoxy) is 1. The van der Waals surface area contributed by atoms with Crippen LogP contribution in [0.25, 0.3) is 0 Å². The van der Waals surface area contributed by atoms with Crippen LogP contribution in [0.15, 0.2) is 12.2 Å². The van der Waals surface area contributed by atoms with Gasteiger partial charge < -0.3 is 9.84 Å². The molecule has 1 aliphatic carbocycles. The van der Waals surface area contributed by atoms with E-state index in [0.717, 1.165) is 31.3 Å². The van der Waals surface area contributed by atoms with Gasteiger partial charge in [0, 0.05) is 7.11 Å². The first-order valence-electron chi connectivity index (χ1n) is 4.52. The molecule has 1 N–H and O–H groups in total. The van der Waals surface area contributed by atoms with Gasteiger partial charge >= 0.3 is 0 Å². The van der Waals surface area contributed by atoms with Crippen molar-refractivity contribution in [1.82, 2.24) is 0 Å². The van der Waals surface area contributed by atoms with E-state index in [2.05, 4.69) is 6.58 Å². The van der Waals surface area contributed by atoms with Crippen molar-refractivity contribution in [3.05, 3.63) is 12.2 Å². The van der Waals surface area contributed by atoms with E-state index in [1.165, 1.54) is 0 Å². The van der Waals surface area contributed by atoms with Gasteiger partial charge in [-0.25, -0.2) is 0 Å². The van der Waals surface area contributed by atoms with Crippen LogP contribution in [0.1, 0.15) is 32.6 Å². The lowest BCUT2D eigenvalue weighted by Crippen LogP contribution is -2.46. The highest BCUT2D eigenvalue weighted by atomic mass is 16.5. The standard InChI is InChI=1S/C10H18O2/c1-8(2)10(11)7-5-4-6-9(10)12-3/h9,11H,1,4-7H2,2-3H3. The highest BCUT2D eigenvalue weighted by Gasteiger charge is 2.39. The van der Waals surface area contributed by atoms with Gasteiger partial charge in [0.25, 0.3) is 0 Å². The number of rotatable bonds is 2. The van der Waals surface area contributed by atoms with Gasteiger partial charge in [-0.2, -0.15) is 0 Å². The zero-order valence-electron chi connectivity index (χ0n) is 7.97. The monoisotopic (exact) mass is 170 g/mol. The SMILES string of the molecule is C=C(C)C1(O)CCCCC1OC. The third kappa shape index (κ3) is 1.54. The quantitative estimate of drug-likeness (QED) is 0.641.